The molecule has 1 amide bonds. The number of likely N-dealkylation sites (tertiary alicyclic amines) is 1. The predicted molar refractivity (Wildman–Crippen MR) is 143 cm³/mol. The Hall–Kier alpha value is -2.95. The first-order valence-corrected chi connectivity index (χ1v) is 13.1. The first-order chi connectivity index (χ1) is 17.7. The number of thiazole rings is 1. The Morgan fingerprint density at radius 3 is 2.73 bits per heavy atom. The van der Waals surface area contributed by atoms with E-state index in [-0.39, 0.29) is 18.4 Å². The summed E-state index contributed by atoms with van der Waals surface area (Å²) in [5, 5.41) is 14.4. The maximum absolute atomic E-state index is 13.8. The Balaban J connectivity index is 1.39. The van der Waals surface area contributed by atoms with E-state index in [1.807, 2.05) is 57.5 Å². The van der Waals surface area contributed by atoms with Crippen molar-refractivity contribution in [1.82, 2.24) is 20.5 Å². The third-order valence-corrected chi connectivity index (χ3v) is 7.93. The van der Waals surface area contributed by atoms with E-state index < -0.39 is 23.8 Å². The van der Waals surface area contributed by atoms with Crippen LogP contribution in [0, 0.1) is 12.8 Å². The average Bonchev–Trinajstić information content (AvgIpc) is 3.66. The van der Waals surface area contributed by atoms with Gasteiger partial charge >= 0.3 is 0 Å². The second-order valence-corrected chi connectivity index (χ2v) is 10.8. The molecule has 1 fully saturated rings. The zero-order valence-corrected chi connectivity index (χ0v) is 22.0. The summed E-state index contributed by atoms with van der Waals surface area (Å²) in [5.41, 5.74) is 7.22. The monoisotopic (exact) mass is 516 g/mol. The maximum atomic E-state index is 13.8. The molecule has 189 valence electrons. The molecule has 9 nitrogen and oxygen atoms in total. The number of nitrogens with one attached hydrogen (secondary N) is 1. The highest BCUT2D eigenvalue weighted by Gasteiger charge is 2.45. The van der Waals surface area contributed by atoms with E-state index in [9.17, 15) is 9.90 Å². The number of carbonyl (C=O) groups excluding carboxylic acids is 1. The average molecular weight is 516 g/mol. The molecular formula is C25H28B2N5O4S. The number of aryl methyl sites for hydroxylation is 1. The lowest BCUT2D eigenvalue weighted by atomic mass is 9.53. The number of hydroxylamine groups is 1. The summed E-state index contributed by atoms with van der Waals surface area (Å²) in [6.07, 6.45) is -0.327. The van der Waals surface area contributed by atoms with Gasteiger partial charge in [0.1, 0.15) is 24.7 Å². The van der Waals surface area contributed by atoms with E-state index in [0.717, 1.165) is 21.7 Å². The van der Waals surface area contributed by atoms with Gasteiger partial charge in [0.25, 0.3) is 0 Å². The Labute approximate surface area is 221 Å². The number of benzene rings is 1. The van der Waals surface area contributed by atoms with Gasteiger partial charge in [0.05, 0.1) is 28.2 Å². The molecule has 4 unspecified atom stereocenters. The molecule has 0 bridgehead atoms. The summed E-state index contributed by atoms with van der Waals surface area (Å²) in [4.78, 5) is 31.7. The van der Waals surface area contributed by atoms with E-state index in [4.69, 9.17) is 22.1 Å². The van der Waals surface area contributed by atoms with Crippen LogP contribution in [-0.2, 0) is 15.4 Å². The van der Waals surface area contributed by atoms with Crippen LogP contribution in [0.2, 0.25) is 0 Å². The topological polar surface area (TPSA) is 113 Å². The summed E-state index contributed by atoms with van der Waals surface area (Å²) in [6, 6.07) is 9.25. The highest BCUT2D eigenvalue weighted by molar-refractivity contribution is 7.13. The second kappa shape index (κ2) is 10.1. The summed E-state index contributed by atoms with van der Waals surface area (Å²) >= 11 is 1.60. The molecule has 12 heteroatoms. The molecule has 37 heavy (non-hydrogen) atoms. The zero-order chi connectivity index (χ0) is 26.3. The zero-order valence-electron chi connectivity index (χ0n) is 21.2. The van der Waals surface area contributed by atoms with Crippen LogP contribution in [-0.4, -0.2) is 65.5 Å². The van der Waals surface area contributed by atoms with Gasteiger partial charge in [-0.05, 0) is 31.4 Å². The van der Waals surface area contributed by atoms with E-state index in [1.165, 1.54) is 7.17 Å². The molecular weight excluding hydrogens is 488 g/mol. The molecule has 0 aliphatic carbocycles. The van der Waals surface area contributed by atoms with E-state index in [1.54, 1.807) is 22.3 Å². The third-order valence-electron chi connectivity index (χ3n) is 6.95. The number of aromatic nitrogens is 2. The molecule has 5 rings (SSSR count). The van der Waals surface area contributed by atoms with Crippen molar-refractivity contribution in [2.45, 2.75) is 57.9 Å². The highest BCUT2D eigenvalue weighted by Crippen LogP contribution is 2.36. The molecule has 2 aliphatic heterocycles. The van der Waals surface area contributed by atoms with Crippen molar-refractivity contribution in [2.24, 2.45) is 10.9 Å². The fourth-order valence-electron chi connectivity index (χ4n) is 4.96. The molecule has 4 atom stereocenters. The van der Waals surface area contributed by atoms with E-state index in [0.29, 0.717) is 23.6 Å². The lowest BCUT2D eigenvalue weighted by Gasteiger charge is -2.29. The summed E-state index contributed by atoms with van der Waals surface area (Å²) in [7, 11) is 6.89. The van der Waals surface area contributed by atoms with Gasteiger partial charge in [-0.2, -0.15) is 0 Å². The van der Waals surface area contributed by atoms with Gasteiger partial charge in [0.2, 0.25) is 11.6 Å². The van der Waals surface area contributed by atoms with Crippen LogP contribution in [0.15, 0.2) is 45.4 Å². The number of amides is 1. The molecule has 3 aromatic rings. The number of aliphatic hydroxyl groups is 1. The van der Waals surface area contributed by atoms with Crippen LogP contribution in [0.5, 0.6) is 0 Å². The van der Waals surface area contributed by atoms with Crippen molar-refractivity contribution in [1.29, 1.82) is 0 Å². The first kappa shape index (κ1) is 25.7. The van der Waals surface area contributed by atoms with Crippen LogP contribution in [0.25, 0.3) is 10.4 Å². The number of aliphatic imine (C=N–C) groups is 1. The number of rotatable bonds is 7. The summed E-state index contributed by atoms with van der Waals surface area (Å²) in [6.45, 7) is 7.94. The number of amidine groups is 1. The lowest BCUT2D eigenvalue weighted by Crippen LogP contribution is -2.46. The number of nitrogens with zero attached hydrogens (tertiary/aromatic N) is 4. The number of aliphatic hydroxyl groups excluding tert-OH is 1. The minimum atomic E-state index is -0.979. The summed E-state index contributed by atoms with van der Waals surface area (Å²) in [5.74, 6) is 0.135. The number of β-amino-alcohol motifs (C(OH)–C–C–N with tert-alkyl or cyclic N) is 1. The van der Waals surface area contributed by atoms with Crippen LogP contribution in [0.3, 0.4) is 0 Å². The standard InChI is InChI=1S/C25H28B2N5O4S/c1-13(2)21(19-10-20(27-26)30-35-19)24(34)32-11-17(33)9-18(32)23-29-25(4,36-31-23)16-7-5-15(6-8-16)22-14(3)28-12-37-22/h5-8,10,12-13,17-18,21,33H,9,11H2,1-4H3,(H,29,31). The molecule has 0 saturated carbocycles. The molecule has 1 aromatic carbocycles. The predicted octanol–water partition coefficient (Wildman–Crippen LogP) is 2.03. The van der Waals surface area contributed by atoms with Crippen molar-refractivity contribution in [3.63, 3.8) is 0 Å². The largest absolute Gasteiger partial charge is 0.391 e. The van der Waals surface area contributed by atoms with Gasteiger partial charge in [-0.1, -0.05) is 43.3 Å². The van der Waals surface area contributed by atoms with Crippen molar-refractivity contribution in [3.8, 4) is 10.4 Å². The van der Waals surface area contributed by atoms with Crippen LogP contribution in [0.1, 0.15) is 50.1 Å². The van der Waals surface area contributed by atoms with Gasteiger partial charge in [-0.3, -0.25) is 4.79 Å². The van der Waals surface area contributed by atoms with Gasteiger partial charge in [-0.15, -0.1) is 11.3 Å². The van der Waals surface area contributed by atoms with Crippen molar-refractivity contribution >= 4 is 43.6 Å². The van der Waals surface area contributed by atoms with Crippen LogP contribution in [0.4, 0.5) is 0 Å². The Morgan fingerprint density at radius 1 is 1.35 bits per heavy atom. The Morgan fingerprint density at radius 2 is 2.11 bits per heavy atom. The quantitative estimate of drug-likeness (QED) is 0.463. The molecule has 2 N–H and O–H groups in total. The van der Waals surface area contributed by atoms with E-state index >= 15 is 0 Å². The summed E-state index contributed by atoms with van der Waals surface area (Å²) < 4.78 is 5.44. The van der Waals surface area contributed by atoms with Crippen molar-refractivity contribution < 1.29 is 19.3 Å². The number of hydrogen-bond donors (Lipinski definition) is 2. The SMILES string of the molecule is [B][B]c1cc(C(C(=O)N2CC(O)CC2C2=NC(C)(c3ccc(-c4scnc4C)cc3)ON2)C(C)C)on1. The minimum absolute atomic E-state index is 0.0647. The lowest BCUT2D eigenvalue weighted by molar-refractivity contribution is -0.134. The molecule has 1 saturated heterocycles. The van der Waals surface area contributed by atoms with E-state index in [2.05, 4.69) is 15.6 Å². The van der Waals surface area contributed by atoms with Gasteiger partial charge in [-0.25, -0.2) is 20.3 Å². The van der Waals surface area contributed by atoms with Crippen molar-refractivity contribution in [3.05, 3.63) is 52.9 Å². The maximum Gasteiger partial charge on any atom is 0.234 e. The molecule has 3 radical (unpaired) electrons. The highest BCUT2D eigenvalue weighted by atomic mass is 32.1. The Kier molecular flexibility index (Phi) is 6.99. The molecule has 4 heterocycles. The fraction of sp³-hybridized carbons (Fsp3) is 0.440. The van der Waals surface area contributed by atoms with Crippen molar-refractivity contribution in [2.75, 3.05) is 6.54 Å². The molecule has 2 aliphatic rings. The normalized spacial score (nSPS) is 24.3. The van der Waals surface area contributed by atoms with Crippen LogP contribution < -0.4 is 11.1 Å². The number of hydrogen-bond acceptors (Lipinski definition) is 9. The molecule has 2 aromatic heterocycles. The van der Waals surface area contributed by atoms with Crippen LogP contribution >= 0.6 is 11.3 Å². The molecule has 0 spiro atoms. The second-order valence-electron chi connectivity index (χ2n) is 9.97. The fourth-order valence-corrected chi connectivity index (χ4v) is 5.77. The minimum Gasteiger partial charge on any atom is -0.391 e. The smallest absolute Gasteiger partial charge is 0.234 e. The third kappa shape index (κ3) is 4.85. The van der Waals surface area contributed by atoms with Gasteiger partial charge < -0.3 is 14.5 Å². The first-order valence-electron chi connectivity index (χ1n) is 12.2. The van der Waals surface area contributed by atoms with Gasteiger partial charge in [0.15, 0.2) is 0 Å². The van der Waals surface area contributed by atoms with Gasteiger partial charge in [0, 0.05) is 31.9 Å². The number of carbonyl (C=O) groups is 1. The Bertz CT molecular complexity index is 1310.